The van der Waals surface area contributed by atoms with E-state index in [0.29, 0.717) is 0 Å². The molecular weight excluding hydrogens is 323 g/mol. The molecule has 0 amide bonds. The van der Waals surface area contributed by atoms with E-state index in [2.05, 4.69) is 40.0 Å². The van der Waals surface area contributed by atoms with E-state index in [9.17, 15) is 0 Å². The van der Waals surface area contributed by atoms with Crippen molar-refractivity contribution in [3.05, 3.63) is 21.8 Å². The maximum atomic E-state index is 6.02. The van der Waals surface area contributed by atoms with Crippen LogP contribution < -0.4 is 11.1 Å². The Bertz CT molecular complexity index is 399. The van der Waals surface area contributed by atoms with Gasteiger partial charge in [-0.25, -0.2) is 0 Å². The number of anilines is 2. The molecule has 2 aliphatic carbocycles. The fourth-order valence-electron chi connectivity index (χ4n) is 2.69. The zero-order chi connectivity index (χ0) is 11.8. The second-order valence-corrected chi connectivity index (χ2v) is 6.70. The first-order chi connectivity index (χ1) is 8.24. The Balaban J connectivity index is 1.62. The number of nitrogen functional groups attached to an aromatic ring is 1. The predicted molar refractivity (Wildman–Crippen MR) is 81.0 cm³/mol. The molecule has 0 radical (unpaired) electrons. The first-order valence-corrected chi connectivity index (χ1v) is 7.61. The fourth-order valence-corrected chi connectivity index (χ4v) is 3.20. The third-order valence-corrected chi connectivity index (χ3v) is 4.67. The van der Waals surface area contributed by atoms with E-state index in [1.54, 1.807) is 0 Å². The lowest BCUT2D eigenvalue weighted by molar-refractivity contribution is 0.428. The first kappa shape index (κ1) is 11.6. The minimum atomic E-state index is 0.877. The standard InChI is InChI=1S/C14H19IN2/c15-11-5-6-14(13(16)7-11)17-8-12(9-1-2-9)10-3-4-10/h5-7,9-10,12,17H,1-4,8,16H2. The summed E-state index contributed by atoms with van der Waals surface area (Å²) >= 11 is 2.30. The van der Waals surface area contributed by atoms with Crippen LogP contribution in [0.3, 0.4) is 0 Å². The van der Waals surface area contributed by atoms with Crippen molar-refractivity contribution in [1.82, 2.24) is 0 Å². The largest absolute Gasteiger partial charge is 0.397 e. The molecule has 3 N–H and O–H groups in total. The molecule has 1 aromatic rings. The molecule has 0 aliphatic heterocycles. The van der Waals surface area contributed by atoms with E-state index >= 15 is 0 Å². The predicted octanol–water partition coefficient (Wildman–Crippen LogP) is 3.72. The van der Waals surface area contributed by atoms with Crippen molar-refractivity contribution < 1.29 is 0 Å². The van der Waals surface area contributed by atoms with E-state index in [1.807, 2.05) is 6.07 Å². The summed E-state index contributed by atoms with van der Waals surface area (Å²) in [6, 6.07) is 6.25. The summed E-state index contributed by atoms with van der Waals surface area (Å²) < 4.78 is 1.20. The van der Waals surface area contributed by atoms with Crippen LogP contribution in [0, 0.1) is 21.3 Å². The van der Waals surface area contributed by atoms with Crippen LogP contribution in [0.1, 0.15) is 25.7 Å². The average Bonchev–Trinajstić information content (AvgIpc) is 3.15. The minimum absolute atomic E-state index is 0.877. The van der Waals surface area contributed by atoms with Gasteiger partial charge in [0.2, 0.25) is 0 Å². The van der Waals surface area contributed by atoms with Gasteiger partial charge in [-0.15, -0.1) is 0 Å². The van der Waals surface area contributed by atoms with Crippen molar-refractivity contribution in [3.8, 4) is 0 Å². The van der Waals surface area contributed by atoms with Crippen molar-refractivity contribution in [1.29, 1.82) is 0 Å². The summed E-state index contributed by atoms with van der Waals surface area (Å²) in [7, 11) is 0. The first-order valence-electron chi connectivity index (χ1n) is 6.53. The molecule has 92 valence electrons. The van der Waals surface area contributed by atoms with Gasteiger partial charge in [0.05, 0.1) is 11.4 Å². The van der Waals surface area contributed by atoms with Crippen molar-refractivity contribution in [2.45, 2.75) is 25.7 Å². The van der Waals surface area contributed by atoms with Crippen molar-refractivity contribution >= 4 is 34.0 Å². The number of benzene rings is 1. The van der Waals surface area contributed by atoms with E-state index < -0.39 is 0 Å². The molecule has 3 rings (SSSR count). The lowest BCUT2D eigenvalue weighted by Gasteiger charge is -2.18. The molecule has 0 bridgehead atoms. The third kappa shape index (κ3) is 2.87. The van der Waals surface area contributed by atoms with Crippen LogP contribution in [0.15, 0.2) is 18.2 Å². The molecule has 2 nitrogen and oxygen atoms in total. The molecule has 17 heavy (non-hydrogen) atoms. The molecule has 0 heterocycles. The highest BCUT2D eigenvalue weighted by Crippen LogP contribution is 2.49. The van der Waals surface area contributed by atoms with E-state index in [1.165, 1.54) is 29.3 Å². The summed E-state index contributed by atoms with van der Waals surface area (Å²) in [6.45, 7) is 1.11. The molecular formula is C14H19IN2. The van der Waals surface area contributed by atoms with Gasteiger partial charge >= 0.3 is 0 Å². The maximum Gasteiger partial charge on any atom is 0.0574 e. The third-order valence-electron chi connectivity index (χ3n) is 4.00. The van der Waals surface area contributed by atoms with Gasteiger partial charge in [-0.05, 0) is 84.2 Å². The normalized spacial score (nSPS) is 19.6. The van der Waals surface area contributed by atoms with Gasteiger partial charge in [0.25, 0.3) is 0 Å². The van der Waals surface area contributed by atoms with E-state index in [-0.39, 0.29) is 0 Å². The summed E-state index contributed by atoms with van der Waals surface area (Å²) in [5.74, 6) is 2.90. The van der Waals surface area contributed by atoms with E-state index in [4.69, 9.17) is 5.73 Å². The SMILES string of the molecule is Nc1cc(I)ccc1NCC(C1CC1)C1CC1. The number of nitrogens with two attached hydrogens (primary N) is 1. The molecule has 3 heteroatoms. The van der Waals surface area contributed by atoms with Crippen LogP contribution >= 0.6 is 22.6 Å². The van der Waals surface area contributed by atoms with Gasteiger partial charge in [-0.3, -0.25) is 0 Å². The lowest BCUT2D eigenvalue weighted by Crippen LogP contribution is -2.18. The second kappa shape index (κ2) is 4.67. The maximum absolute atomic E-state index is 6.02. The Kier molecular flexibility index (Phi) is 3.19. The second-order valence-electron chi connectivity index (χ2n) is 5.45. The summed E-state index contributed by atoms with van der Waals surface area (Å²) in [4.78, 5) is 0. The molecule has 0 spiro atoms. The number of nitrogens with one attached hydrogen (secondary N) is 1. The van der Waals surface area contributed by atoms with Gasteiger partial charge in [0.1, 0.15) is 0 Å². The highest BCUT2D eigenvalue weighted by molar-refractivity contribution is 14.1. The molecule has 0 saturated heterocycles. The molecule has 2 fully saturated rings. The molecule has 0 aromatic heterocycles. The summed E-state index contributed by atoms with van der Waals surface area (Å²) in [6.07, 6.45) is 5.80. The van der Waals surface area contributed by atoms with Crippen LogP contribution in [0.2, 0.25) is 0 Å². The van der Waals surface area contributed by atoms with Crippen LogP contribution in [-0.2, 0) is 0 Å². The fraction of sp³-hybridized carbons (Fsp3) is 0.571. The van der Waals surface area contributed by atoms with Crippen LogP contribution in [0.5, 0.6) is 0 Å². The van der Waals surface area contributed by atoms with Crippen molar-refractivity contribution in [2.75, 3.05) is 17.6 Å². The zero-order valence-electron chi connectivity index (χ0n) is 9.95. The van der Waals surface area contributed by atoms with Gasteiger partial charge in [-0.1, -0.05) is 0 Å². The Hall–Kier alpha value is -0.450. The molecule has 2 saturated carbocycles. The summed E-state index contributed by atoms with van der Waals surface area (Å²) in [5.41, 5.74) is 8.01. The Labute approximate surface area is 116 Å². The Morgan fingerprint density at radius 1 is 1.24 bits per heavy atom. The Morgan fingerprint density at radius 2 is 1.88 bits per heavy atom. The highest BCUT2D eigenvalue weighted by Gasteiger charge is 2.40. The number of hydrogen-bond donors (Lipinski definition) is 2. The molecule has 0 atom stereocenters. The minimum Gasteiger partial charge on any atom is -0.397 e. The Morgan fingerprint density at radius 3 is 2.41 bits per heavy atom. The van der Waals surface area contributed by atoms with Crippen LogP contribution in [-0.4, -0.2) is 6.54 Å². The number of rotatable bonds is 5. The van der Waals surface area contributed by atoms with E-state index in [0.717, 1.165) is 35.7 Å². The molecule has 2 aliphatic rings. The lowest BCUT2D eigenvalue weighted by atomic mass is 9.98. The van der Waals surface area contributed by atoms with Gasteiger partial charge in [-0.2, -0.15) is 0 Å². The van der Waals surface area contributed by atoms with Crippen LogP contribution in [0.25, 0.3) is 0 Å². The van der Waals surface area contributed by atoms with Gasteiger partial charge in [0.15, 0.2) is 0 Å². The number of halogens is 1. The molecule has 1 aromatic carbocycles. The number of hydrogen-bond acceptors (Lipinski definition) is 2. The zero-order valence-corrected chi connectivity index (χ0v) is 12.1. The molecule has 0 unspecified atom stereocenters. The van der Waals surface area contributed by atoms with Crippen LogP contribution in [0.4, 0.5) is 11.4 Å². The quantitative estimate of drug-likeness (QED) is 0.632. The monoisotopic (exact) mass is 342 g/mol. The van der Waals surface area contributed by atoms with Gasteiger partial charge in [0, 0.05) is 10.1 Å². The van der Waals surface area contributed by atoms with Crippen molar-refractivity contribution in [2.24, 2.45) is 17.8 Å². The average molecular weight is 342 g/mol. The smallest absolute Gasteiger partial charge is 0.0574 e. The topological polar surface area (TPSA) is 38.0 Å². The highest BCUT2D eigenvalue weighted by atomic mass is 127. The summed E-state index contributed by atoms with van der Waals surface area (Å²) in [5, 5.41) is 3.55. The van der Waals surface area contributed by atoms with Gasteiger partial charge < -0.3 is 11.1 Å². The van der Waals surface area contributed by atoms with Crippen molar-refractivity contribution in [3.63, 3.8) is 0 Å².